The van der Waals surface area contributed by atoms with Crippen LogP contribution in [0.2, 0.25) is 0 Å². The maximum Gasteiger partial charge on any atom is 0.234 e. The molecule has 4 heteroatoms. The zero-order valence-electron chi connectivity index (χ0n) is 10.8. The lowest BCUT2D eigenvalue weighted by atomic mass is 9.93. The number of nitrogens with zero attached hydrogens (tertiary/aromatic N) is 2. The van der Waals surface area contributed by atoms with E-state index in [1.165, 1.54) is 0 Å². The van der Waals surface area contributed by atoms with Crippen molar-refractivity contribution >= 4 is 5.91 Å². The molecule has 4 nitrogen and oxygen atoms in total. The van der Waals surface area contributed by atoms with E-state index < -0.39 is 0 Å². The van der Waals surface area contributed by atoms with E-state index in [0.29, 0.717) is 13.1 Å². The van der Waals surface area contributed by atoms with Crippen LogP contribution in [-0.4, -0.2) is 36.5 Å². The summed E-state index contributed by atoms with van der Waals surface area (Å²) in [5, 5.41) is 12.3. The molecule has 2 aliphatic rings. The number of carbonyl (C=O) groups is 1. The molecule has 1 amide bonds. The number of hydrogen-bond acceptors (Lipinski definition) is 3. The van der Waals surface area contributed by atoms with Gasteiger partial charge in [-0.2, -0.15) is 5.26 Å². The number of piperazine rings is 1. The molecule has 0 spiro atoms. The van der Waals surface area contributed by atoms with Gasteiger partial charge in [-0.05, 0) is 18.4 Å². The monoisotopic (exact) mass is 255 g/mol. The first-order valence-corrected chi connectivity index (χ1v) is 6.75. The highest BCUT2D eigenvalue weighted by atomic mass is 16.2. The Balaban J connectivity index is 1.86. The number of nitrogens with one attached hydrogen (secondary N) is 1. The second-order valence-corrected chi connectivity index (χ2v) is 5.30. The molecule has 19 heavy (non-hydrogen) atoms. The van der Waals surface area contributed by atoms with Gasteiger partial charge in [0.1, 0.15) is 6.04 Å². The number of hydrogen-bond donors (Lipinski definition) is 1. The van der Waals surface area contributed by atoms with Gasteiger partial charge < -0.3 is 10.2 Å². The molecule has 0 bridgehead atoms. The highest BCUT2D eigenvalue weighted by Gasteiger charge is 2.54. The van der Waals surface area contributed by atoms with Crippen LogP contribution in [0.1, 0.15) is 18.4 Å². The summed E-state index contributed by atoms with van der Waals surface area (Å²) in [6.07, 6.45) is 1.80. The molecule has 1 aromatic carbocycles. The second-order valence-electron chi connectivity index (χ2n) is 5.30. The van der Waals surface area contributed by atoms with Crippen molar-refractivity contribution in [3.05, 3.63) is 35.9 Å². The molecular weight excluding hydrogens is 238 g/mol. The topological polar surface area (TPSA) is 56.1 Å². The number of benzene rings is 1. The third kappa shape index (κ3) is 2.00. The predicted octanol–water partition coefficient (Wildman–Crippen LogP) is 1.04. The summed E-state index contributed by atoms with van der Waals surface area (Å²) in [5.41, 5.74) is 0.739. The van der Waals surface area contributed by atoms with E-state index >= 15 is 0 Å². The molecule has 1 aromatic rings. The molecule has 1 saturated carbocycles. The van der Waals surface area contributed by atoms with Crippen LogP contribution in [0.15, 0.2) is 30.3 Å². The SMILES string of the molecule is N#CC1CNCCN1C(=O)C1(c2ccccc2)CC1. The van der Waals surface area contributed by atoms with E-state index in [-0.39, 0.29) is 17.4 Å². The molecule has 1 saturated heterocycles. The van der Waals surface area contributed by atoms with Crippen molar-refractivity contribution in [3.8, 4) is 6.07 Å². The van der Waals surface area contributed by atoms with Crippen LogP contribution < -0.4 is 5.32 Å². The minimum atomic E-state index is -0.353. The minimum Gasteiger partial charge on any atom is -0.323 e. The van der Waals surface area contributed by atoms with Crippen LogP contribution in [0.5, 0.6) is 0 Å². The summed E-state index contributed by atoms with van der Waals surface area (Å²) in [6, 6.07) is 11.9. The van der Waals surface area contributed by atoms with Gasteiger partial charge in [0.05, 0.1) is 11.5 Å². The zero-order valence-corrected chi connectivity index (χ0v) is 10.8. The van der Waals surface area contributed by atoms with Crippen molar-refractivity contribution in [2.24, 2.45) is 0 Å². The molecule has 1 atom stereocenters. The molecule has 1 unspecified atom stereocenters. The smallest absolute Gasteiger partial charge is 0.234 e. The highest BCUT2D eigenvalue weighted by molar-refractivity contribution is 5.91. The molecule has 0 aromatic heterocycles. The Bertz CT molecular complexity index is 516. The standard InChI is InChI=1S/C15H17N3O/c16-10-13-11-17-8-9-18(13)14(19)15(6-7-15)12-4-2-1-3-5-12/h1-5,13,17H,6-9,11H2. The lowest BCUT2D eigenvalue weighted by Crippen LogP contribution is -2.55. The first-order valence-electron chi connectivity index (χ1n) is 6.75. The molecule has 2 fully saturated rings. The molecule has 0 radical (unpaired) electrons. The van der Waals surface area contributed by atoms with Gasteiger partial charge in [0.25, 0.3) is 0 Å². The Morgan fingerprint density at radius 3 is 2.74 bits per heavy atom. The number of nitriles is 1. The van der Waals surface area contributed by atoms with Crippen molar-refractivity contribution in [1.82, 2.24) is 10.2 Å². The summed E-state index contributed by atoms with van der Waals surface area (Å²) >= 11 is 0. The van der Waals surface area contributed by atoms with E-state index in [4.69, 9.17) is 0 Å². The van der Waals surface area contributed by atoms with Crippen molar-refractivity contribution in [2.45, 2.75) is 24.3 Å². The Hall–Kier alpha value is -1.86. The summed E-state index contributed by atoms with van der Waals surface area (Å²) < 4.78 is 0. The van der Waals surface area contributed by atoms with Crippen LogP contribution in [0.4, 0.5) is 0 Å². The van der Waals surface area contributed by atoms with E-state index in [1.54, 1.807) is 4.90 Å². The zero-order chi connectivity index (χ0) is 13.3. The van der Waals surface area contributed by atoms with Crippen molar-refractivity contribution in [2.75, 3.05) is 19.6 Å². The molecule has 1 N–H and O–H groups in total. The van der Waals surface area contributed by atoms with Gasteiger partial charge in [-0.25, -0.2) is 0 Å². The molecule has 1 heterocycles. The average molecular weight is 255 g/mol. The Morgan fingerprint density at radius 2 is 2.11 bits per heavy atom. The summed E-state index contributed by atoms with van der Waals surface area (Å²) in [5.74, 6) is 0.131. The van der Waals surface area contributed by atoms with Crippen molar-refractivity contribution in [1.29, 1.82) is 5.26 Å². The maximum atomic E-state index is 12.8. The number of amides is 1. The lowest BCUT2D eigenvalue weighted by molar-refractivity contribution is -0.136. The third-order valence-electron chi connectivity index (χ3n) is 4.14. The quantitative estimate of drug-likeness (QED) is 0.859. The molecule has 1 aliphatic heterocycles. The first kappa shape index (κ1) is 12.2. The molecule has 1 aliphatic carbocycles. The van der Waals surface area contributed by atoms with Crippen LogP contribution in [0, 0.1) is 11.3 Å². The molecule has 98 valence electrons. The normalized spacial score (nSPS) is 24.6. The Labute approximate surface area is 113 Å². The van der Waals surface area contributed by atoms with E-state index in [9.17, 15) is 10.1 Å². The Kier molecular flexibility index (Phi) is 3.00. The molecular formula is C15H17N3O. The van der Waals surface area contributed by atoms with E-state index in [2.05, 4.69) is 11.4 Å². The minimum absolute atomic E-state index is 0.131. The highest BCUT2D eigenvalue weighted by Crippen LogP contribution is 2.49. The van der Waals surface area contributed by atoms with Gasteiger partial charge in [-0.3, -0.25) is 4.79 Å². The van der Waals surface area contributed by atoms with Crippen LogP contribution >= 0.6 is 0 Å². The average Bonchev–Trinajstić information content (AvgIpc) is 3.29. The van der Waals surface area contributed by atoms with Gasteiger partial charge >= 0.3 is 0 Å². The maximum absolute atomic E-state index is 12.8. The van der Waals surface area contributed by atoms with Gasteiger partial charge in [0, 0.05) is 19.6 Å². The van der Waals surface area contributed by atoms with E-state index in [1.807, 2.05) is 30.3 Å². The van der Waals surface area contributed by atoms with Crippen molar-refractivity contribution in [3.63, 3.8) is 0 Å². The lowest BCUT2D eigenvalue weighted by Gasteiger charge is -2.35. The van der Waals surface area contributed by atoms with Gasteiger partial charge in [-0.15, -0.1) is 0 Å². The summed E-state index contributed by atoms with van der Waals surface area (Å²) in [7, 11) is 0. The predicted molar refractivity (Wildman–Crippen MR) is 71.3 cm³/mol. The van der Waals surface area contributed by atoms with Crippen molar-refractivity contribution < 1.29 is 4.79 Å². The Morgan fingerprint density at radius 1 is 1.37 bits per heavy atom. The summed E-state index contributed by atoms with van der Waals surface area (Å²) in [6.45, 7) is 1.98. The fourth-order valence-electron chi connectivity index (χ4n) is 2.85. The largest absolute Gasteiger partial charge is 0.323 e. The second kappa shape index (κ2) is 4.67. The van der Waals surface area contributed by atoms with Gasteiger partial charge in [0.2, 0.25) is 5.91 Å². The number of carbonyl (C=O) groups excluding carboxylic acids is 1. The van der Waals surface area contributed by atoms with Crippen LogP contribution in [-0.2, 0) is 10.2 Å². The summed E-state index contributed by atoms with van der Waals surface area (Å²) in [4.78, 5) is 14.6. The third-order valence-corrected chi connectivity index (χ3v) is 4.14. The van der Waals surface area contributed by atoms with Crippen LogP contribution in [0.3, 0.4) is 0 Å². The number of rotatable bonds is 2. The van der Waals surface area contributed by atoms with Crippen LogP contribution in [0.25, 0.3) is 0 Å². The first-order chi connectivity index (χ1) is 9.28. The molecule has 3 rings (SSSR count). The van der Waals surface area contributed by atoms with Gasteiger partial charge in [0.15, 0.2) is 0 Å². The van der Waals surface area contributed by atoms with E-state index in [0.717, 1.165) is 24.9 Å². The fourth-order valence-corrected chi connectivity index (χ4v) is 2.85. The van der Waals surface area contributed by atoms with Gasteiger partial charge in [-0.1, -0.05) is 30.3 Å². The fraction of sp³-hybridized carbons (Fsp3) is 0.467.